The van der Waals surface area contributed by atoms with Gasteiger partial charge < -0.3 is 0 Å². The van der Waals surface area contributed by atoms with E-state index in [1.807, 2.05) is 6.92 Å². The van der Waals surface area contributed by atoms with Gasteiger partial charge in [0.1, 0.15) is 10.6 Å². The summed E-state index contributed by atoms with van der Waals surface area (Å²) in [5, 5.41) is 7.99. The molecule has 0 N–H and O–H groups in total. The molecule has 2 heterocycles. The molecule has 0 radical (unpaired) electrons. The van der Waals surface area contributed by atoms with Crippen LogP contribution in [0.4, 0.5) is 0 Å². The Morgan fingerprint density at radius 1 is 1.24 bits per heavy atom. The van der Waals surface area contributed by atoms with Gasteiger partial charge in [0.2, 0.25) is 0 Å². The summed E-state index contributed by atoms with van der Waals surface area (Å²) >= 11 is 0. The molecule has 0 unspecified atom stereocenters. The van der Waals surface area contributed by atoms with Crippen molar-refractivity contribution >= 4 is 15.8 Å². The van der Waals surface area contributed by atoms with Crippen molar-refractivity contribution in [3.63, 3.8) is 0 Å². The van der Waals surface area contributed by atoms with Crippen LogP contribution in [0.25, 0.3) is 0 Å². The van der Waals surface area contributed by atoms with Gasteiger partial charge in [-0.05, 0) is 38.0 Å². The second-order valence-electron chi connectivity index (χ2n) is 4.92. The summed E-state index contributed by atoms with van der Waals surface area (Å²) in [6.07, 6.45) is 3.21. The SMILES string of the molecule is Cc1ccc(S(=O)(=O)O/N=C2\CCCn3nccc32)cc1. The molecule has 3 rings (SSSR count). The third-order valence-electron chi connectivity index (χ3n) is 3.35. The van der Waals surface area contributed by atoms with Crippen LogP contribution in [0.1, 0.15) is 24.1 Å². The first-order valence-electron chi connectivity index (χ1n) is 6.66. The van der Waals surface area contributed by atoms with Crippen LogP contribution in [-0.4, -0.2) is 23.9 Å². The van der Waals surface area contributed by atoms with Gasteiger partial charge in [-0.2, -0.15) is 13.5 Å². The lowest BCUT2D eigenvalue weighted by molar-refractivity contribution is 0.336. The van der Waals surface area contributed by atoms with Gasteiger partial charge >= 0.3 is 10.1 Å². The zero-order valence-corrected chi connectivity index (χ0v) is 12.4. The molecular weight excluding hydrogens is 290 g/mol. The maximum absolute atomic E-state index is 12.1. The Hall–Kier alpha value is -2.15. The Balaban J connectivity index is 1.85. The van der Waals surface area contributed by atoms with E-state index in [0.29, 0.717) is 12.1 Å². The first kappa shape index (κ1) is 13.8. The molecule has 21 heavy (non-hydrogen) atoms. The molecule has 6 nitrogen and oxygen atoms in total. The highest BCUT2D eigenvalue weighted by atomic mass is 32.2. The Morgan fingerprint density at radius 3 is 2.76 bits per heavy atom. The van der Waals surface area contributed by atoms with E-state index in [1.54, 1.807) is 29.1 Å². The van der Waals surface area contributed by atoms with E-state index in [4.69, 9.17) is 4.28 Å². The molecule has 1 aromatic carbocycles. The first-order valence-corrected chi connectivity index (χ1v) is 8.06. The molecule has 0 spiro atoms. The van der Waals surface area contributed by atoms with Gasteiger partial charge in [0.25, 0.3) is 0 Å². The Morgan fingerprint density at radius 2 is 2.00 bits per heavy atom. The van der Waals surface area contributed by atoms with E-state index in [1.165, 1.54) is 12.1 Å². The molecule has 0 amide bonds. The number of hydrogen-bond acceptors (Lipinski definition) is 5. The van der Waals surface area contributed by atoms with Gasteiger partial charge in [0.15, 0.2) is 0 Å². The van der Waals surface area contributed by atoms with Crippen LogP contribution in [-0.2, 0) is 20.9 Å². The van der Waals surface area contributed by atoms with Crippen LogP contribution < -0.4 is 0 Å². The zero-order chi connectivity index (χ0) is 14.9. The maximum Gasteiger partial charge on any atom is 0.358 e. The number of fused-ring (bicyclic) bond motifs is 1. The fourth-order valence-corrected chi connectivity index (χ4v) is 2.96. The molecular formula is C14H15N3O3S. The van der Waals surface area contributed by atoms with Crippen molar-refractivity contribution in [1.29, 1.82) is 0 Å². The number of hydrogen-bond donors (Lipinski definition) is 0. The zero-order valence-electron chi connectivity index (χ0n) is 11.6. The molecule has 0 atom stereocenters. The van der Waals surface area contributed by atoms with Crippen molar-refractivity contribution in [2.24, 2.45) is 5.16 Å². The monoisotopic (exact) mass is 305 g/mol. The van der Waals surface area contributed by atoms with E-state index < -0.39 is 10.1 Å². The summed E-state index contributed by atoms with van der Waals surface area (Å²) in [4.78, 5) is 0.0989. The van der Waals surface area contributed by atoms with Crippen LogP contribution in [0.2, 0.25) is 0 Å². The van der Waals surface area contributed by atoms with Crippen LogP contribution in [0, 0.1) is 6.92 Å². The Kier molecular flexibility index (Phi) is 3.50. The average Bonchev–Trinajstić information content (AvgIpc) is 2.94. The molecule has 1 aliphatic heterocycles. The predicted octanol–water partition coefficient (Wildman–Crippen LogP) is 2.09. The van der Waals surface area contributed by atoms with Gasteiger partial charge in [0, 0.05) is 12.7 Å². The second kappa shape index (κ2) is 5.33. The number of rotatable bonds is 3. The van der Waals surface area contributed by atoms with Crippen molar-refractivity contribution in [3.8, 4) is 0 Å². The number of aromatic nitrogens is 2. The lowest BCUT2D eigenvalue weighted by atomic mass is 10.1. The summed E-state index contributed by atoms with van der Waals surface area (Å²) in [5.41, 5.74) is 2.39. The number of nitrogens with zero attached hydrogens (tertiary/aromatic N) is 3. The molecule has 0 saturated heterocycles. The fourth-order valence-electron chi connectivity index (χ4n) is 2.21. The van der Waals surface area contributed by atoms with Crippen molar-refractivity contribution in [2.75, 3.05) is 0 Å². The van der Waals surface area contributed by atoms with Crippen LogP contribution in [0.5, 0.6) is 0 Å². The normalized spacial score (nSPS) is 16.7. The quantitative estimate of drug-likeness (QED) is 0.814. The van der Waals surface area contributed by atoms with E-state index in [0.717, 1.165) is 24.2 Å². The molecule has 7 heteroatoms. The summed E-state index contributed by atoms with van der Waals surface area (Å²) in [6, 6.07) is 8.27. The average molecular weight is 305 g/mol. The standard InChI is InChI=1S/C14H15N3O3S/c1-11-4-6-12(7-5-11)21(18,19)20-16-13-3-2-10-17-14(13)8-9-15-17/h4-9H,2-3,10H2,1H3/b16-13+. The molecule has 110 valence electrons. The van der Waals surface area contributed by atoms with Crippen LogP contribution >= 0.6 is 0 Å². The highest BCUT2D eigenvalue weighted by molar-refractivity contribution is 7.86. The van der Waals surface area contributed by atoms with Gasteiger partial charge in [0.05, 0.1) is 5.69 Å². The molecule has 0 aliphatic carbocycles. The molecule has 1 aromatic heterocycles. The summed E-state index contributed by atoms with van der Waals surface area (Å²) in [5.74, 6) is 0. The second-order valence-corrected chi connectivity index (χ2v) is 6.45. The Labute approximate surface area is 123 Å². The van der Waals surface area contributed by atoms with Crippen molar-refractivity contribution in [1.82, 2.24) is 9.78 Å². The third kappa shape index (κ3) is 2.82. The minimum absolute atomic E-state index is 0.0989. The fraction of sp³-hybridized carbons (Fsp3) is 0.286. The van der Waals surface area contributed by atoms with E-state index in [-0.39, 0.29) is 4.90 Å². The molecule has 1 aliphatic rings. The third-order valence-corrected chi connectivity index (χ3v) is 4.47. The molecule has 0 saturated carbocycles. The molecule has 2 aromatic rings. The van der Waals surface area contributed by atoms with Gasteiger partial charge in [-0.3, -0.25) is 8.97 Å². The lowest BCUT2D eigenvalue weighted by Crippen LogP contribution is -2.19. The summed E-state index contributed by atoms with van der Waals surface area (Å²) in [7, 11) is -3.88. The highest BCUT2D eigenvalue weighted by Gasteiger charge is 2.19. The highest BCUT2D eigenvalue weighted by Crippen LogP contribution is 2.17. The van der Waals surface area contributed by atoms with Crippen molar-refractivity contribution < 1.29 is 12.7 Å². The smallest absolute Gasteiger partial charge is 0.264 e. The minimum Gasteiger partial charge on any atom is -0.264 e. The predicted molar refractivity (Wildman–Crippen MR) is 77.4 cm³/mol. The van der Waals surface area contributed by atoms with E-state index in [9.17, 15) is 8.42 Å². The van der Waals surface area contributed by atoms with E-state index >= 15 is 0 Å². The number of oxime groups is 1. The minimum atomic E-state index is -3.88. The lowest BCUT2D eigenvalue weighted by Gasteiger charge is -2.14. The molecule has 0 fully saturated rings. The van der Waals surface area contributed by atoms with Crippen LogP contribution in [0.3, 0.4) is 0 Å². The number of benzene rings is 1. The van der Waals surface area contributed by atoms with Crippen LogP contribution in [0.15, 0.2) is 46.6 Å². The number of aryl methyl sites for hydroxylation is 2. The first-order chi connectivity index (χ1) is 10.1. The van der Waals surface area contributed by atoms with E-state index in [2.05, 4.69) is 10.3 Å². The van der Waals surface area contributed by atoms with Gasteiger partial charge in [-0.15, -0.1) is 0 Å². The summed E-state index contributed by atoms with van der Waals surface area (Å²) < 4.78 is 30.8. The Bertz CT molecular complexity index is 776. The maximum atomic E-state index is 12.1. The largest absolute Gasteiger partial charge is 0.358 e. The van der Waals surface area contributed by atoms with Crippen molar-refractivity contribution in [2.45, 2.75) is 31.2 Å². The summed E-state index contributed by atoms with van der Waals surface area (Å²) in [6.45, 7) is 2.70. The van der Waals surface area contributed by atoms with Gasteiger partial charge in [-0.1, -0.05) is 22.9 Å². The molecule has 0 bridgehead atoms. The van der Waals surface area contributed by atoms with Crippen molar-refractivity contribution in [3.05, 3.63) is 47.8 Å². The van der Waals surface area contributed by atoms with Gasteiger partial charge in [-0.25, -0.2) is 0 Å². The topological polar surface area (TPSA) is 73.6 Å².